The van der Waals surface area contributed by atoms with Crippen LogP contribution in [0.2, 0.25) is 0 Å². The zero-order valence-electron chi connectivity index (χ0n) is 6.40. The van der Waals surface area contributed by atoms with Crippen LogP contribution in [-0.2, 0) is 4.79 Å². The van der Waals surface area contributed by atoms with Gasteiger partial charge in [-0.25, -0.2) is 0 Å². The highest BCUT2D eigenvalue weighted by Crippen LogP contribution is 2.52. The van der Waals surface area contributed by atoms with Gasteiger partial charge in [-0.1, -0.05) is 20.8 Å². The van der Waals surface area contributed by atoms with Crippen molar-refractivity contribution in [2.75, 3.05) is 0 Å². The number of hydrogen-bond donors (Lipinski definition) is 0. The molecule has 0 bridgehead atoms. The minimum atomic E-state index is 0.340. The van der Waals surface area contributed by atoms with Crippen LogP contribution in [0.1, 0.15) is 33.6 Å². The SMILES string of the molecule is CCC(=O)C1CC1(C)C. The maximum Gasteiger partial charge on any atom is 0.136 e. The van der Waals surface area contributed by atoms with Crippen molar-refractivity contribution in [3.8, 4) is 0 Å². The van der Waals surface area contributed by atoms with Gasteiger partial charge in [0.1, 0.15) is 5.78 Å². The van der Waals surface area contributed by atoms with Gasteiger partial charge in [0.25, 0.3) is 0 Å². The summed E-state index contributed by atoms with van der Waals surface area (Å²) in [5, 5.41) is 0. The van der Waals surface area contributed by atoms with Gasteiger partial charge in [-0.15, -0.1) is 0 Å². The summed E-state index contributed by atoms with van der Waals surface area (Å²) in [7, 11) is 0. The number of rotatable bonds is 2. The lowest BCUT2D eigenvalue weighted by Gasteiger charge is -1.98. The van der Waals surface area contributed by atoms with E-state index in [1.807, 2.05) is 6.92 Å². The van der Waals surface area contributed by atoms with Gasteiger partial charge >= 0.3 is 0 Å². The molecule has 9 heavy (non-hydrogen) atoms. The molecule has 0 spiro atoms. The van der Waals surface area contributed by atoms with Crippen LogP contribution in [0.25, 0.3) is 0 Å². The summed E-state index contributed by atoms with van der Waals surface area (Å²) < 4.78 is 0. The van der Waals surface area contributed by atoms with Crippen LogP contribution in [0.4, 0.5) is 0 Å². The lowest BCUT2D eigenvalue weighted by atomic mass is 10.1. The highest BCUT2D eigenvalue weighted by atomic mass is 16.1. The van der Waals surface area contributed by atoms with E-state index in [1.54, 1.807) is 0 Å². The summed E-state index contributed by atoms with van der Waals surface area (Å²) in [5.41, 5.74) is 0.340. The lowest BCUT2D eigenvalue weighted by Crippen LogP contribution is -2.03. The first kappa shape index (κ1) is 6.79. The second-order valence-electron chi connectivity index (χ2n) is 3.57. The molecule has 1 heteroatoms. The van der Waals surface area contributed by atoms with Crippen LogP contribution in [0.5, 0.6) is 0 Å². The van der Waals surface area contributed by atoms with Crippen molar-refractivity contribution in [2.24, 2.45) is 11.3 Å². The third-order valence-electron chi connectivity index (χ3n) is 2.25. The minimum Gasteiger partial charge on any atom is -0.299 e. The van der Waals surface area contributed by atoms with E-state index in [1.165, 1.54) is 0 Å². The van der Waals surface area contributed by atoms with Crippen LogP contribution >= 0.6 is 0 Å². The molecule has 0 aromatic carbocycles. The van der Waals surface area contributed by atoms with Crippen LogP contribution in [0.15, 0.2) is 0 Å². The molecule has 52 valence electrons. The topological polar surface area (TPSA) is 17.1 Å². The van der Waals surface area contributed by atoms with Crippen LogP contribution in [0, 0.1) is 11.3 Å². The van der Waals surface area contributed by atoms with Crippen LogP contribution < -0.4 is 0 Å². The second kappa shape index (κ2) is 1.83. The molecule has 0 amide bonds. The Morgan fingerprint density at radius 2 is 2.11 bits per heavy atom. The van der Waals surface area contributed by atoms with Gasteiger partial charge in [0.05, 0.1) is 0 Å². The molecule has 1 fully saturated rings. The Kier molecular flexibility index (Phi) is 1.38. The van der Waals surface area contributed by atoms with Gasteiger partial charge in [-0.05, 0) is 11.8 Å². The molecule has 0 heterocycles. The summed E-state index contributed by atoms with van der Waals surface area (Å²) >= 11 is 0. The highest BCUT2D eigenvalue weighted by molar-refractivity contribution is 5.84. The average molecular weight is 126 g/mol. The predicted molar refractivity (Wildman–Crippen MR) is 37.2 cm³/mol. The molecule has 0 N–H and O–H groups in total. The van der Waals surface area contributed by atoms with Crippen molar-refractivity contribution < 1.29 is 4.79 Å². The van der Waals surface area contributed by atoms with Gasteiger partial charge in [-0.2, -0.15) is 0 Å². The first-order valence-electron chi connectivity index (χ1n) is 3.60. The normalized spacial score (nSPS) is 29.9. The maximum absolute atomic E-state index is 11.0. The minimum absolute atomic E-state index is 0.340. The lowest BCUT2D eigenvalue weighted by molar-refractivity contribution is -0.120. The maximum atomic E-state index is 11.0. The summed E-state index contributed by atoms with van der Waals surface area (Å²) in [6.45, 7) is 6.26. The molecule has 0 aliphatic heterocycles. The molecule has 0 saturated heterocycles. The standard InChI is InChI=1S/C8H14O/c1-4-7(9)6-5-8(6,2)3/h6H,4-5H2,1-3H3. The summed E-state index contributed by atoms with van der Waals surface area (Å²) in [5.74, 6) is 0.836. The number of ketones is 1. The fourth-order valence-corrected chi connectivity index (χ4v) is 1.26. The average Bonchev–Trinajstić information content (AvgIpc) is 2.38. The van der Waals surface area contributed by atoms with Crippen molar-refractivity contribution >= 4 is 5.78 Å². The molecule has 0 aromatic rings. The van der Waals surface area contributed by atoms with E-state index >= 15 is 0 Å². The zero-order chi connectivity index (χ0) is 7.07. The first-order valence-corrected chi connectivity index (χ1v) is 3.60. The predicted octanol–water partition coefficient (Wildman–Crippen LogP) is 2.01. The fourth-order valence-electron chi connectivity index (χ4n) is 1.26. The molecule has 1 saturated carbocycles. The van der Waals surface area contributed by atoms with Crippen LogP contribution in [-0.4, -0.2) is 5.78 Å². The van der Waals surface area contributed by atoms with E-state index in [0.717, 1.165) is 6.42 Å². The molecule has 1 nitrogen and oxygen atoms in total. The monoisotopic (exact) mass is 126 g/mol. The van der Waals surface area contributed by atoms with E-state index in [4.69, 9.17) is 0 Å². The van der Waals surface area contributed by atoms with Gasteiger partial charge < -0.3 is 0 Å². The van der Waals surface area contributed by atoms with Crippen molar-refractivity contribution in [1.82, 2.24) is 0 Å². The molecule has 0 aromatic heterocycles. The Labute approximate surface area is 56.4 Å². The van der Waals surface area contributed by atoms with Crippen molar-refractivity contribution in [3.05, 3.63) is 0 Å². The number of carbonyl (C=O) groups excluding carboxylic acids is 1. The van der Waals surface area contributed by atoms with Crippen molar-refractivity contribution in [2.45, 2.75) is 33.6 Å². The quantitative estimate of drug-likeness (QED) is 0.553. The number of Topliss-reactive ketones (excluding diaryl/α,β-unsaturated/α-hetero) is 1. The summed E-state index contributed by atoms with van der Waals surface area (Å²) in [6.07, 6.45) is 1.83. The highest BCUT2D eigenvalue weighted by Gasteiger charge is 2.49. The largest absolute Gasteiger partial charge is 0.299 e. The molecular weight excluding hydrogens is 112 g/mol. The van der Waals surface area contributed by atoms with Gasteiger partial charge in [0, 0.05) is 12.3 Å². The Morgan fingerprint density at radius 1 is 1.67 bits per heavy atom. The first-order chi connectivity index (χ1) is 4.08. The number of carbonyl (C=O) groups is 1. The van der Waals surface area contributed by atoms with Gasteiger partial charge in [-0.3, -0.25) is 4.79 Å². The third kappa shape index (κ3) is 1.15. The molecular formula is C8H14O. The van der Waals surface area contributed by atoms with Gasteiger partial charge in [0.2, 0.25) is 0 Å². The Morgan fingerprint density at radius 3 is 2.22 bits per heavy atom. The number of hydrogen-bond acceptors (Lipinski definition) is 1. The Balaban J connectivity index is 2.42. The van der Waals surface area contributed by atoms with E-state index < -0.39 is 0 Å². The Hall–Kier alpha value is -0.330. The fraction of sp³-hybridized carbons (Fsp3) is 0.875. The van der Waals surface area contributed by atoms with E-state index in [0.29, 0.717) is 23.5 Å². The van der Waals surface area contributed by atoms with E-state index in [9.17, 15) is 4.79 Å². The summed E-state index contributed by atoms with van der Waals surface area (Å²) in [6, 6.07) is 0. The van der Waals surface area contributed by atoms with E-state index in [-0.39, 0.29) is 0 Å². The van der Waals surface area contributed by atoms with E-state index in [2.05, 4.69) is 13.8 Å². The van der Waals surface area contributed by atoms with Crippen molar-refractivity contribution in [3.63, 3.8) is 0 Å². The zero-order valence-corrected chi connectivity index (χ0v) is 6.40. The molecule has 1 aliphatic carbocycles. The van der Waals surface area contributed by atoms with Crippen molar-refractivity contribution in [1.29, 1.82) is 0 Å². The molecule has 1 aliphatic rings. The third-order valence-corrected chi connectivity index (χ3v) is 2.25. The van der Waals surface area contributed by atoms with Crippen LogP contribution in [0.3, 0.4) is 0 Å². The smallest absolute Gasteiger partial charge is 0.136 e. The Bertz CT molecular complexity index is 136. The molecule has 0 radical (unpaired) electrons. The summed E-state index contributed by atoms with van der Waals surface area (Å²) in [4.78, 5) is 11.0. The molecule has 1 rings (SSSR count). The van der Waals surface area contributed by atoms with Gasteiger partial charge in [0.15, 0.2) is 0 Å². The molecule has 1 atom stereocenters. The second-order valence-corrected chi connectivity index (χ2v) is 3.57. The molecule has 1 unspecified atom stereocenters.